The molecule has 20 heavy (non-hydrogen) atoms. The number of hydrogen-bond acceptors (Lipinski definition) is 1. The van der Waals surface area contributed by atoms with Gasteiger partial charge in [0.2, 0.25) is 0 Å². The number of hydrogen-bond donors (Lipinski definition) is 1. The van der Waals surface area contributed by atoms with Gasteiger partial charge in [-0.15, -0.1) is 0 Å². The van der Waals surface area contributed by atoms with Crippen molar-refractivity contribution >= 4 is 17.5 Å². The topological polar surface area (TPSA) is 29.1 Å². The zero-order valence-electron chi connectivity index (χ0n) is 10.1. The highest BCUT2D eigenvalue weighted by Crippen LogP contribution is 2.15. The van der Waals surface area contributed by atoms with Crippen molar-refractivity contribution < 1.29 is 18.0 Å². The van der Waals surface area contributed by atoms with Gasteiger partial charge in [0.25, 0.3) is 5.91 Å². The SMILES string of the molecule is O=C(NCc1c(F)cc(F)cc1F)c1ccc(Cl)cc1. The van der Waals surface area contributed by atoms with Crippen molar-refractivity contribution in [2.24, 2.45) is 0 Å². The van der Waals surface area contributed by atoms with E-state index in [0.29, 0.717) is 22.7 Å². The summed E-state index contributed by atoms with van der Waals surface area (Å²) in [6.45, 7) is -0.376. The van der Waals surface area contributed by atoms with E-state index in [-0.39, 0.29) is 6.54 Å². The Morgan fingerprint density at radius 2 is 1.60 bits per heavy atom. The minimum absolute atomic E-state index is 0.303. The molecule has 0 heterocycles. The summed E-state index contributed by atoms with van der Waals surface area (Å²) in [7, 11) is 0. The van der Waals surface area contributed by atoms with E-state index in [1.165, 1.54) is 24.3 Å². The number of nitrogens with one attached hydrogen (secondary N) is 1. The van der Waals surface area contributed by atoms with Gasteiger partial charge in [-0.25, -0.2) is 13.2 Å². The molecule has 0 bridgehead atoms. The second kappa shape index (κ2) is 5.96. The number of benzene rings is 2. The first kappa shape index (κ1) is 14.4. The first-order chi connectivity index (χ1) is 9.47. The molecule has 2 nitrogen and oxygen atoms in total. The summed E-state index contributed by atoms with van der Waals surface area (Å²) in [4.78, 5) is 11.7. The first-order valence-corrected chi connectivity index (χ1v) is 6.02. The van der Waals surface area contributed by atoms with Crippen LogP contribution in [0.1, 0.15) is 15.9 Å². The normalized spacial score (nSPS) is 10.4. The van der Waals surface area contributed by atoms with Crippen LogP contribution in [0.4, 0.5) is 13.2 Å². The van der Waals surface area contributed by atoms with Gasteiger partial charge >= 0.3 is 0 Å². The lowest BCUT2D eigenvalue weighted by Crippen LogP contribution is -2.24. The van der Waals surface area contributed by atoms with Gasteiger partial charge in [0, 0.05) is 34.8 Å². The number of amides is 1. The average molecular weight is 300 g/mol. The highest BCUT2D eigenvalue weighted by molar-refractivity contribution is 6.30. The maximum absolute atomic E-state index is 13.4. The Bertz CT molecular complexity index is 620. The third kappa shape index (κ3) is 3.30. The fraction of sp³-hybridized carbons (Fsp3) is 0.0714. The summed E-state index contributed by atoms with van der Waals surface area (Å²) in [6, 6.07) is 7.13. The molecule has 2 aromatic carbocycles. The Kier molecular flexibility index (Phi) is 4.29. The Morgan fingerprint density at radius 3 is 2.15 bits per heavy atom. The molecule has 2 rings (SSSR count). The van der Waals surface area contributed by atoms with Crippen molar-refractivity contribution in [3.8, 4) is 0 Å². The van der Waals surface area contributed by atoms with E-state index in [1.54, 1.807) is 0 Å². The molecule has 0 unspecified atom stereocenters. The minimum Gasteiger partial charge on any atom is -0.348 e. The summed E-state index contributed by atoms with van der Waals surface area (Å²) in [5.74, 6) is -3.60. The van der Waals surface area contributed by atoms with E-state index in [2.05, 4.69) is 5.32 Å². The van der Waals surface area contributed by atoms with Crippen LogP contribution in [-0.2, 0) is 6.54 Å². The van der Waals surface area contributed by atoms with Gasteiger partial charge in [-0.2, -0.15) is 0 Å². The van der Waals surface area contributed by atoms with Crippen LogP contribution in [-0.4, -0.2) is 5.91 Å². The number of carbonyl (C=O) groups is 1. The molecule has 1 N–H and O–H groups in total. The van der Waals surface area contributed by atoms with Crippen molar-refractivity contribution in [3.05, 3.63) is 70.0 Å². The molecule has 0 fully saturated rings. The average Bonchev–Trinajstić information content (AvgIpc) is 2.38. The van der Waals surface area contributed by atoms with E-state index in [4.69, 9.17) is 11.6 Å². The Morgan fingerprint density at radius 1 is 1.05 bits per heavy atom. The quantitative estimate of drug-likeness (QED) is 0.920. The van der Waals surface area contributed by atoms with E-state index in [1.807, 2.05) is 0 Å². The van der Waals surface area contributed by atoms with Crippen LogP contribution in [0.2, 0.25) is 5.02 Å². The Balaban J connectivity index is 2.09. The first-order valence-electron chi connectivity index (χ1n) is 5.64. The fourth-order valence-electron chi connectivity index (χ4n) is 1.61. The van der Waals surface area contributed by atoms with Gasteiger partial charge in [-0.05, 0) is 24.3 Å². The van der Waals surface area contributed by atoms with Gasteiger partial charge in [0.1, 0.15) is 17.5 Å². The highest BCUT2D eigenvalue weighted by Gasteiger charge is 2.13. The monoisotopic (exact) mass is 299 g/mol. The summed E-state index contributed by atoms with van der Waals surface area (Å²) >= 11 is 5.68. The van der Waals surface area contributed by atoms with Crippen molar-refractivity contribution in [3.63, 3.8) is 0 Å². The summed E-state index contributed by atoms with van der Waals surface area (Å²) in [6.07, 6.45) is 0. The molecule has 0 radical (unpaired) electrons. The second-order valence-corrected chi connectivity index (χ2v) is 4.47. The number of rotatable bonds is 3. The third-order valence-electron chi connectivity index (χ3n) is 2.64. The van der Waals surface area contributed by atoms with Crippen LogP contribution in [0.5, 0.6) is 0 Å². The Hall–Kier alpha value is -2.01. The second-order valence-electron chi connectivity index (χ2n) is 4.04. The predicted molar refractivity (Wildman–Crippen MR) is 68.9 cm³/mol. The fourth-order valence-corrected chi connectivity index (χ4v) is 1.74. The lowest BCUT2D eigenvalue weighted by Gasteiger charge is -2.08. The Labute approximate surface area is 118 Å². The zero-order valence-corrected chi connectivity index (χ0v) is 10.8. The summed E-state index contributed by atoms with van der Waals surface area (Å²) < 4.78 is 39.5. The van der Waals surface area contributed by atoms with E-state index in [9.17, 15) is 18.0 Å². The predicted octanol–water partition coefficient (Wildman–Crippen LogP) is 3.69. The van der Waals surface area contributed by atoms with Gasteiger partial charge in [-0.3, -0.25) is 4.79 Å². The molecular weight excluding hydrogens is 291 g/mol. The van der Waals surface area contributed by atoms with Crippen LogP contribution >= 0.6 is 11.6 Å². The number of carbonyl (C=O) groups excluding carboxylic acids is 1. The molecule has 0 aliphatic heterocycles. The standard InChI is InChI=1S/C14H9ClF3NO/c15-9-3-1-8(2-4-9)14(20)19-7-11-12(17)5-10(16)6-13(11)18/h1-6H,7H2,(H,19,20). The molecule has 0 aliphatic carbocycles. The van der Waals surface area contributed by atoms with Crippen LogP contribution in [0.25, 0.3) is 0 Å². The van der Waals surface area contributed by atoms with Crippen molar-refractivity contribution in [2.75, 3.05) is 0 Å². The number of halogens is 4. The maximum atomic E-state index is 13.4. The zero-order chi connectivity index (χ0) is 14.7. The van der Waals surface area contributed by atoms with Gasteiger partial charge in [0.05, 0.1) is 0 Å². The highest BCUT2D eigenvalue weighted by atomic mass is 35.5. The van der Waals surface area contributed by atoms with Gasteiger partial charge < -0.3 is 5.32 Å². The molecule has 0 saturated heterocycles. The van der Waals surface area contributed by atoms with E-state index < -0.39 is 28.9 Å². The third-order valence-corrected chi connectivity index (χ3v) is 2.89. The van der Waals surface area contributed by atoms with E-state index >= 15 is 0 Å². The molecule has 0 aromatic heterocycles. The van der Waals surface area contributed by atoms with Gasteiger partial charge in [-0.1, -0.05) is 11.6 Å². The molecule has 0 atom stereocenters. The molecular formula is C14H9ClF3NO. The summed E-state index contributed by atoms with van der Waals surface area (Å²) in [5, 5.41) is 2.82. The lowest BCUT2D eigenvalue weighted by molar-refractivity contribution is 0.0950. The van der Waals surface area contributed by atoms with Crippen molar-refractivity contribution in [2.45, 2.75) is 6.54 Å². The smallest absolute Gasteiger partial charge is 0.251 e. The molecule has 0 spiro atoms. The summed E-state index contributed by atoms with van der Waals surface area (Å²) in [5.41, 5.74) is -0.0916. The largest absolute Gasteiger partial charge is 0.348 e. The van der Waals surface area contributed by atoms with Crippen LogP contribution in [0.3, 0.4) is 0 Å². The van der Waals surface area contributed by atoms with E-state index in [0.717, 1.165) is 0 Å². The molecule has 6 heteroatoms. The molecule has 104 valence electrons. The van der Waals surface area contributed by atoms with Crippen LogP contribution < -0.4 is 5.32 Å². The lowest BCUT2D eigenvalue weighted by atomic mass is 10.1. The maximum Gasteiger partial charge on any atom is 0.251 e. The van der Waals surface area contributed by atoms with Crippen molar-refractivity contribution in [1.29, 1.82) is 0 Å². The minimum atomic E-state index is -1.04. The van der Waals surface area contributed by atoms with Crippen LogP contribution in [0.15, 0.2) is 36.4 Å². The van der Waals surface area contributed by atoms with Gasteiger partial charge in [0.15, 0.2) is 0 Å². The molecule has 0 aliphatic rings. The van der Waals surface area contributed by atoms with Crippen LogP contribution in [0, 0.1) is 17.5 Å². The molecule has 0 saturated carbocycles. The molecule has 2 aromatic rings. The van der Waals surface area contributed by atoms with Crippen molar-refractivity contribution in [1.82, 2.24) is 5.32 Å². The molecule has 1 amide bonds.